The minimum Gasteiger partial charge on any atom is -0.494 e. The van der Waals surface area contributed by atoms with Crippen LogP contribution in [0.4, 0.5) is 0 Å². The summed E-state index contributed by atoms with van der Waals surface area (Å²) in [6, 6.07) is 10.4. The molecular formula is C16H17ClOS. The van der Waals surface area contributed by atoms with Crippen molar-refractivity contribution >= 4 is 22.9 Å². The van der Waals surface area contributed by atoms with Crippen molar-refractivity contribution < 1.29 is 4.74 Å². The zero-order valence-electron chi connectivity index (χ0n) is 11.0. The first kappa shape index (κ1) is 13.0. The van der Waals surface area contributed by atoms with Crippen LogP contribution in [0.3, 0.4) is 0 Å². The lowest BCUT2D eigenvalue weighted by molar-refractivity contribution is 0.340. The largest absolute Gasteiger partial charge is 0.494 e. The SMILES string of the molecule is CCOc1ccc(C(Cl)c2cc3c(s2)CCC3)cc1. The van der Waals surface area contributed by atoms with Gasteiger partial charge in [0, 0.05) is 9.75 Å². The first-order valence-electron chi connectivity index (χ1n) is 6.76. The van der Waals surface area contributed by atoms with Crippen molar-refractivity contribution in [2.45, 2.75) is 31.6 Å². The third kappa shape index (κ3) is 2.65. The molecule has 19 heavy (non-hydrogen) atoms. The summed E-state index contributed by atoms with van der Waals surface area (Å²) in [7, 11) is 0. The third-order valence-electron chi connectivity index (χ3n) is 3.50. The highest BCUT2D eigenvalue weighted by atomic mass is 35.5. The third-order valence-corrected chi connectivity index (χ3v) is 5.42. The average molecular weight is 293 g/mol. The fraction of sp³-hybridized carbons (Fsp3) is 0.375. The van der Waals surface area contributed by atoms with Crippen LogP contribution in [-0.4, -0.2) is 6.61 Å². The van der Waals surface area contributed by atoms with Gasteiger partial charge in [-0.3, -0.25) is 0 Å². The molecule has 0 fully saturated rings. The molecule has 0 spiro atoms. The molecular weight excluding hydrogens is 276 g/mol. The lowest BCUT2D eigenvalue weighted by Crippen LogP contribution is -1.93. The van der Waals surface area contributed by atoms with Crippen LogP contribution < -0.4 is 4.74 Å². The maximum Gasteiger partial charge on any atom is 0.119 e. The molecule has 1 atom stereocenters. The van der Waals surface area contributed by atoms with Crippen LogP contribution in [0.1, 0.15) is 39.6 Å². The van der Waals surface area contributed by atoms with E-state index in [0.717, 1.165) is 11.3 Å². The second kappa shape index (κ2) is 5.56. The molecule has 1 aliphatic carbocycles. The molecule has 1 heterocycles. The number of halogens is 1. The minimum atomic E-state index is -0.0359. The van der Waals surface area contributed by atoms with Crippen molar-refractivity contribution in [2.24, 2.45) is 0 Å². The summed E-state index contributed by atoms with van der Waals surface area (Å²) in [5.74, 6) is 0.906. The van der Waals surface area contributed by atoms with E-state index in [1.54, 1.807) is 0 Å². The number of aryl methyl sites for hydroxylation is 2. The van der Waals surface area contributed by atoms with Gasteiger partial charge in [0.25, 0.3) is 0 Å². The Morgan fingerprint density at radius 3 is 2.74 bits per heavy atom. The van der Waals surface area contributed by atoms with Gasteiger partial charge < -0.3 is 4.74 Å². The van der Waals surface area contributed by atoms with Gasteiger partial charge in [0.15, 0.2) is 0 Å². The number of benzene rings is 1. The van der Waals surface area contributed by atoms with E-state index in [4.69, 9.17) is 16.3 Å². The maximum atomic E-state index is 6.60. The Morgan fingerprint density at radius 1 is 1.26 bits per heavy atom. The Bertz CT molecular complexity index is 537. The Kier molecular flexibility index (Phi) is 3.81. The molecule has 2 aromatic rings. The van der Waals surface area contributed by atoms with Gasteiger partial charge >= 0.3 is 0 Å². The summed E-state index contributed by atoms with van der Waals surface area (Å²) in [5, 5.41) is -0.0359. The fourth-order valence-electron chi connectivity index (χ4n) is 2.54. The quantitative estimate of drug-likeness (QED) is 0.723. The molecule has 1 aromatic heterocycles. The van der Waals surface area contributed by atoms with Gasteiger partial charge in [-0.05, 0) is 55.5 Å². The Labute approximate surface area is 123 Å². The lowest BCUT2D eigenvalue weighted by atomic mass is 10.1. The summed E-state index contributed by atoms with van der Waals surface area (Å²) in [6.07, 6.45) is 3.75. The lowest BCUT2D eigenvalue weighted by Gasteiger charge is -2.09. The zero-order chi connectivity index (χ0) is 13.2. The van der Waals surface area contributed by atoms with Gasteiger partial charge in [-0.1, -0.05) is 12.1 Å². The van der Waals surface area contributed by atoms with E-state index in [0.29, 0.717) is 6.61 Å². The summed E-state index contributed by atoms with van der Waals surface area (Å²) in [4.78, 5) is 2.81. The zero-order valence-corrected chi connectivity index (χ0v) is 12.6. The topological polar surface area (TPSA) is 9.23 Å². The van der Waals surface area contributed by atoms with E-state index in [1.165, 1.54) is 34.6 Å². The molecule has 0 saturated carbocycles. The highest BCUT2D eigenvalue weighted by Crippen LogP contribution is 2.39. The summed E-state index contributed by atoms with van der Waals surface area (Å²) < 4.78 is 5.46. The van der Waals surface area contributed by atoms with Crippen LogP contribution in [0.2, 0.25) is 0 Å². The van der Waals surface area contributed by atoms with Crippen LogP contribution in [0.25, 0.3) is 0 Å². The van der Waals surface area contributed by atoms with Crippen molar-refractivity contribution in [3.8, 4) is 5.75 Å². The number of hydrogen-bond donors (Lipinski definition) is 0. The normalized spacial score (nSPS) is 15.3. The molecule has 1 unspecified atom stereocenters. The molecule has 3 rings (SSSR count). The number of alkyl halides is 1. The van der Waals surface area contributed by atoms with E-state index in [-0.39, 0.29) is 5.38 Å². The summed E-state index contributed by atoms with van der Waals surface area (Å²) >= 11 is 8.47. The van der Waals surface area contributed by atoms with E-state index in [9.17, 15) is 0 Å². The second-order valence-corrected chi connectivity index (χ2v) is 6.42. The molecule has 100 valence electrons. The van der Waals surface area contributed by atoms with Crippen LogP contribution in [0, 0.1) is 0 Å². The molecule has 1 nitrogen and oxygen atoms in total. The maximum absolute atomic E-state index is 6.60. The highest BCUT2D eigenvalue weighted by Gasteiger charge is 2.19. The number of rotatable bonds is 4. The second-order valence-electron chi connectivity index (χ2n) is 4.82. The monoisotopic (exact) mass is 292 g/mol. The summed E-state index contributed by atoms with van der Waals surface area (Å²) in [6.45, 7) is 2.69. The van der Waals surface area contributed by atoms with Crippen molar-refractivity contribution in [1.82, 2.24) is 0 Å². The molecule has 0 N–H and O–H groups in total. The van der Waals surface area contributed by atoms with Crippen LogP contribution in [-0.2, 0) is 12.8 Å². The van der Waals surface area contributed by atoms with Crippen molar-refractivity contribution in [1.29, 1.82) is 0 Å². The van der Waals surface area contributed by atoms with Gasteiger partial charge in [-0.2, -0.15) is 0 Å². The smallest absolute Gasteiger partial charge is 0.119 e. The molecule has 0 amide bonds. The minimum absolute atomic E-state index is 0.0359. The van der Waals surface area contributed by atoms with Crippen molar-refractivity contribution in [2.75, 3.05) is 6.61 Å². The van der Waals surface area contributed by atoms with E-state index < -0.39 is 0 Å². The van der Waals surface area contributed by atoms with E-state index in [1.807, 2.05) is 30.4 Å². The number of fused-ring (bicyclic) bond motifs is 1. The van der Waals surface area contributed by atoms with Gasteiger partial charge in [0.2, 0.25) is 0 Å². The summed E-state index contributed by atoms with van der Waals surface area (Å²) in [5.41, 5.74) is 2.65. The molecule has 1 aromatic carbocycles. The Balaban J connectivity index is 1.80. The molecule has 0 aliphatic heterocycles. The predicted octanol–water partition coefficient (Wildman–Crippen LogP) is 4.96. The molecule has 1 aliphatic rings. The van der Waals surface area contributed by atoms with Crippen LogP contribution in [0.15, 0.2) is 30.3 Å². The molecule has 0 saturated heterocycles. The number of ether oxygens (including phenoxy) is 1. The molecule has 0 bridgehead atoms. The highest BCUT2D eigenvalue weighted by molar-refractivity contribution is 7.12. The van der Waals surface area contributed by atoms with Gasteiger partial charge in [0.1, 0.15) is 5.75 Å². The standard InChI is InChI=1S/C16H17ClOS/c1-2-18-13-8-6-11(7-9-13)16(17)15-10-12-4-3-5-14(12)19-15/h6-10,16H,2-5H2,1H3. The fourth-order valence-corrected chi connectivity index (χ4v) is 4.15. The Morgan fingerprint density at radius 2 is 2.05 bits per heavy atom. The molecule has 3 heteroatoms. The van der Waals surface area contributed by atoms with E-state index >= 15 is 0 Å². The molecule has 0 radical (unpaired) electrons. The van der Waals surface area contributed by atoms with Crippen LogP contribution in [0.5, 0.6) is 5.75 Å². The van der Waals surface area contributed by atoms with Gasteiger partial charge in [-0.25, -0.2) is 0 Å². The van der Waals surface area contributed by atoms with E-state index in [2.05, 4.69) is 18.2 Å². The van der Waals surface area contributed by atoms with Crippen molar-refractivity contribution in [3.05, 3.63) is 51.2 Å². The Hall–Kier alpha value is -0.990. The van der Waals surface area contributed by atoms with Crippen molar-refractivity contribution in [3.63, 3.8) is 0 Å². The number of thiophene rings is 1. The van der Waals surface area contributed by atoms with Gasteiger partial charge in [0.05, 0.1) is 12.0 Å². The predicted molar refractivity (Wildman–Crippen MR) is 81.7 cm³/mol. The van der Waals surface area contributed by atoms with Gasteiger partial charge in [-0.15, -0.1) is 22.9 Å². The van der Waals surface area contributed by atoms with Crippen LogP contribution >= 0.6 is 22.9 Å². The number of hydrogen-bond acceptors (Lipinski definition) is 2. The first-order valence-corrected chi connectivity index (χ1v) is 8.01. The first-order chi connectivity index (χ1) is 9.28. The average Bonchev–Trinajstić information content (AvgIpc) is 3.00.